The number of amides is 3. The van der Waals surface area contributed by atoms with Crippen molar-refractivity contribution in [2.45, 2.75) is 51.1 Å². The van der Waals surface area contributed by atoms with Gasteiger partial charge in [0, 0.05) is 23.0 Å². The lowest BCUT2D eigenvalue weighted by Gasteiger charge is -2.38. The molecule has 34 heavy (non-hydrogen) atoms. The van der Waals surface area contributed by atoms with Gasteiger partial charge in [0.15, 0.2) is 0 Å². The van der Waals surface area contributed by atoms with E-state index >= 15 is 0 Å². The fourth-order valence-corrected chi connectivity index (χ4v) is 4.70. The fraction of sp³-hybridized carbons (Fsp3) is 0.346. The van der Waals surface area contributed by atoms with Crippen molar-refractivity contribution in [1.29, 1.82) is 0 Å². The Bertz CT molecular complexity index is 1230. The Morgan fingerprint density at radius 2 is 1.82 bits per heavy atom. The molecular formula is C26H29FN4O3. The van der Waals surface area contributed by atoms with Crippen LogP contribution < -0.4 is 16.4 Å². The number of para-hydroxylation sites is 1. The lowest BCUT2D eigenvalue weighted by molar-refractivity contribution is -0.136. The number of halogens is 1. The molecule has 0 fully saturated rings. The van der Waals surface area contributed by atoms with Gasteiger partial charge in [-0.15, -0.1) is 0 Å². The van der Waals surface area contributed by atoms with Gasteiger partial charge in [-0.25, -0.2) is 4.39 Å². The number of aryl methyl sites for hydroxylation is 1. The number of nitrogens with one attached hydrogen (secondary N) is 3. The van der Waals surface area contributed by atoms with E-state index < -0.39 is 23.4 Å². The van der Waals surface area contributed by atoms with Crippen LogP contribution in [0.15, 0.2) is 48.5 Å². The lowest BCUT2D eigenvalue weighted by Crippen LogP contribution is -2.64. The number of hydrogen-bond acceptors (Lipinski definition) is 3. The first-order valence-corrected chi connectivity index (χ1v) is 11.4. The number of primary amides is 1. The highest BCUT2D eigenvalue weighted by atomic mass is 19.1. The van der Waals surface area contributed by atoms with Gasteiger partial charge in [-0.2, -0.15) is 0 Å². The number of fused-ring (bicyclic) bond motifs is 3. The number of carbonyl (C=O) groups is 3. The van der Waals surface area contributed by atoms with E-state index in [2.05, 4.69) is 15.6 Å². The third-order valence-corrected chi connectivity index (χ3v) is 6.53. The smallest absolute Gasteiger partial charge is 0.246 e. The van der Waals surface area contributed by atoms with Crippen LogP contribution in [0.25, 0.3) is 10.9 Å². The van der Waals surface area contributed by atoms with Gasteiger partial charge >= 0.3 is 0 Å². The van der Waals surface area contributed by atoms with Gasteiger partial charge in [0.05, 0.1) is 6.42 Å². The maximum atomic E-state index is 13.6. The molecule has 8 heteroatoms. The molecule has 5 N–H and O–H groups in total. The van der Waals surface area contributed by atoms with E-state index in [0.29, 0.717) is 18.4 Å². The topological polar surface area (TPSA) is 117 Å². The summed E-state index contributed by atoms with van der Waals surface area (Å²) in [5, 5.41) is 6.75. The van der Waals surface area contributed by atoms with E-state index in [-0.39, 0.29) is 30.5 Å². The minimum absolute atomic E-state index is 0.000516. The third kappa shape index (κ3) is 4.66. The van der Waals surface area contributed by atoms with Crippen LogP contribution in [0, 0.1) is 11.7 Å². The van der Waals surface area contributed by atoms with Crippen molar-refractivity contribution in [3.8, 4) is 0 Å². The van der Waals surface area contributed by atoms with Crippen LogP contribution in [0.1, 0.15) is 37.1 Å². The summed E-state index contributed by atoms with van der Waals surface area (Å²) in [4.78, 5) is 42.1. The molecule has 0 bridgehead atoms. The van der Waals surface area contributed by atoms with Crippen LogP contribution in [0.3, 0.4) is 0 Å². The molecule has 0 spiro atoms. The first-order chi connectivity index (χ1) is 16.2. The van der Waals surface area contributed by atoms with Gasteiger partial charge < -0.3 is 21.4 Å². The van der Waals surface area contributed by atoms with Gasteiger partial charge in [0.2, 0.25) is 17.7 Å². The van der Waals surface area contributed by atoms with E-state index in [1.54, 1.807) is 26.0 Å². The predicted molar refractivity (Wildman–Crippen MR) is 127 cm³/mol. The number of nitrogens with two attached hydrogens (primary N) is 1. The first-order valence-electron chi connectivity index (χ1n) is 11.4. The van der Waals surface area contributed by atoms with Crippen molar-refractivity contribution in [1.82, 2.24) is 15.6 Å². The highest BCUT2D eigenvalue weighted by Crippen LogP contribution is 2.34. The summed E-state index contributed by atoms with van der Waals surface area (Å²) in [5.74, 6) is -2.01. The van der Waals surface area contributed by atoms with Crippen LogP contribution in [0.4, 0.5) is 4.39 Å². The van der Waals surface area contributed by atoms with Gasteiger partial charge in [-0.3, -0.25) is 14.4 Å². The number of H-pyrrole nitrogens is 1. The molecule has 3 aromatic rings. The van der Waals surface area contributed by atoms with Crippen molar-refractivity contribution in [2.24, 2.45) is 11.7 Å². The molecule has 4 rings (SSSR count). The molecule has 0 aliphatic heterocycles. The van der Waals surface area contributed by atoms with Gasteiger partial charge in [-0.05, 0) is 48.1 Å². The number of benzene rings is 2. The summed E-state index contributed by atoms with van der Waals surface area (Å²) in [7, 11) is 0. The summed E-state index contributed by atoms with van der Waals surface area (Å²) in [5.41, 5.74) is 7.89. The molecule has 1 aliphatic carbocycles. The largest absolute Gasteiger partial charge is 0.368 e. The Balaban J connectivity index is 1.66. The highest BCUT2D eigenvalue weighted by Gasteiger charge is 2.45. The molecule has 0 radical (unpaired) electrons. The molecule has 2 aromatic carbocycles. The monoisotopic (exact) mass is 464 g/mol. The standard InChI is InChI=1S/C26H29FN4O3/c1-15(2)23(24(28)33)30-25(34)26(31-22(32)13-16-7-9-17(27)10-8-16)12-11-21-19(14-26)18-5-3-4-6-20(18)29-21/h3-10,15,23,29H,11-14H2,1-2H3,(H2,28,33)(H,30,34)(H,31,32)/t23-,26+/m0/s1. The SMILES string of the molecule is CC(C)[C@H](NC(=O)[C@@]1(NC(=O)Cc2ccc(F)cc2)CCc2[nH]c3ccccc3c2C1)C(N)=O. The van der Waals surface area contributed by atoms with Crippen LogP contribution >= 0.6 is 0 Å². The summed E-state index contributed by atoms with van der Waals surface area (Å²) >= 11 is 0. The zero-order valence-corrected chi connectivity index (χ0v) is 19.3. The van der Waals surface area contributed by atoms with Crippen LogP contribution in [0.2, 0.25) is 0 Å². The van der Waals surface area contributed by atoms with E-state index in [4.69, 9.17) is 5.73 Å². The summed E-state index contributed by atoms with van der Waals surface area (Å²) in [6, 6.07) is 12.7. The predicted octanol–water partition coefficient (Wildman–Crippen LogP) is 2.52. The molecule has 1 aromatic heterocycles. The first kappa shape index (κ1) is 23.5. The minimum Gasteiger partial charge on any atom is -0.368 e. The van der Waals surface area contributed by atoms with Gasteiger partial charge in [-0.1, -0.05) is 44.2 Å². The summed E-state index contributed by atoms with van der Waals surface area (Å²) < 4.78 is 13.3. The van der Waals surface area contributed by atoms with Crippen molar-refractivity contribution in [2.75, 3.05) is 0 Å². The highest BCUT2D eigenvalue weighted by molar-refractivity contribution is 5.96. The second-order valence-electron chi connectivity index (χ2n) is 9.34. The van der Waals surface area contributed by atoms with E-state index in [9.17, 15) is 18.8 Å². The van der Waals surface area contributed by atoms with Crippen LogP contribution in [-0.4, -0.2) is 34.3 Å². The molecular weight excluding hydrogens is 435 g/mol. The molecule has 0 saturated heterocycles. The number of aromatic nitrogens is 1. The second-order valence-corrected chi connectivity index (χ2v) is 9.34. The second kappa shape index (κ2) is 9.29. The molecule has 0 unspecified atom stereocenters. The van der Waals surface area contributed by atoms with Crippen molar-refractivity contribution < 1.29 is 18.8 Å². The molecule has 2 atom stereocenters. The van der Waals surface area contributed by atoms with Gasteiger partial charge in [0.25, 0.3) is 0 Å². The normalized spacial score (nSPS) is 18.4. The Morgan fingerprint density at radius 1 is 1.12 bits per heavy atom. The summed E-state index contributed by atoms with van der Waals surface area (Å²) in [6.45, 7) is 3.60. The number of hydrogen-bond donors (Lipinski definition) is 4. The maximum Gasteiger partial charge on any atom is 0.246 e. The average molecular weight is 465 g/mol. The van der Waals surface area contributed by atoms with E-state index in [0.717, 1.165) is 22.2 Å². The number of aromatic amines is 1. The molecule has 7 nitrogen and oxygen atoms in total. The van der Waals surface area contributed by atoms with Gasteiger partial charge in [0.1, 0.15) is 17.4 Å². The molecule has 3 amide bonds. The zero-order chi connectivity index (χ0) is 24.5. The zero-order valence-electron chi connectivity index (χ0n) is 19.3. The quantitative estimate of drug-likeness (QED) is 0.430. The molecule has 178 valence electrons. The Hall–Kier alpha value is -3.68. The maximum absolute atomic E-state index is 13.6. The molecule has 0 saturated carbocycles. The van der Waals surface area contributed by atoms with Crippen LogP contribution in [0.5, 0.6) is 0 Å². The van der Waals surface area contributed by atoms with Crippen LogP contribution in [-0.2, 0) is 33.6 Å². The van der Waals surface area contributed by atoms with Crippen molar-refractivity contribution >= 4 is 28.6 Å². The Labute approximate surface area is 197 Å². The minimum atomic E-state index is -1.25. The lowest BCUT2D eigenvalue weighted by atomic mass is 9.78. The van der Waals surface area contributed by atoms with E-state index in [1.807, 2.05) is 24.3 Å². The molecule has 1 heterocycles. The van der Waals surface area contributed by atoms with Crippen molar-refractivity contribution in [3.05, 3.63) is 71.2 Å². The Morgan fingerprint density at radius 3 is 2.50 bits per heavy atom. The average Bonchev–Trinajstić information content (AvgIpc) is 3.16. The number of rotatable bonds is 7. The number of carbonyl (C=O) groups excluding carboxylic acids is 3. The third-order valence-electron chi connectivity index (χ3n) is 6.53. The Kier molecular flexibility index (Phi) is 6.41. The summed E-state index contributed by atoms with van der Waals surface area (Å²) in [6.07, 6.45) is 1.19. The van der Waals surface area contributed by atoms with E-state index in [1.165, 1.54) is 12.1 Å². The van der Waals surface area contributed by atoms with Crippen molar-refractivity contribution in [3.63, 3.8) is 0 Å². The molecule has 1 aliphatic rings. The fourth-order valence-electron chi connectivity index (χ4n) is 4.70.